The zero-order valence-corrected chi connectivity index (χ0v) is 13.5. The Hall–Kier alpha value is -3.01. The number of para-hydroxylation sites is 1. The normalized spacial score (nSPS) is 10.4. The maximum Gasteiger partial charge on any atom is 0.252 e. The van der Waals surface area contributed by atoms with E-state index in [0.717, 1.165) is 16.9 Å². The van der Waals surface area contributed by atoms with Crippen molar-refractivity contribution in [1.82, 2.24) is 5.32 Å². The van der Waals surface area contributed by atoms with Crippen molar-refractivity contribution < 1.29 is 13.9 Å². The van der Waals surface area contributed by atoms with Gasteiger partial charge in [-0.05, 0) is 36.2 Å². The van der Waals surface area contributed by atoms with Gasteiger partial charge in [0, 0.05) is 12.1 Å². The highest BCUT2D eigenvalue weighted by Crippen LogP contribution is 2.24. The van der Waals surface area contributed by atoms with Gasteiger partial charge < -0.3 is 14.5 Å². The van der Waals surface area contributed by atoms with Crippen LogP contribution in [0.5, 0.6) is 5.75 Å². The lowest BCUT2D eigenvalue weighted by atomic mass is 10.0. The number of furan rings is 1. The molecule has 0 radical (unpaired) electrons. The van der Waals surface area contributed by atoms with Crippen LogP contribution in [0.3, 0.4) is 0 Å². The second-order valence-electron chi connectivity index (χ2n) is 5.34. The Balaban J connectivity index is 1.68. The third-order valence-electron chi connectivity index (χ3n) is 3.83. The zero-order valence-electron chi connectivity index (χ0n) is 13.5. The molecule has 0 fully saturated rings. The average Bonchev–Trinajstić information content (AvgIpc) is 3.16. The van der Waals surface area contributed by atoms with Gasteiger partial charge in [-0.3, -0.25) is 4.79 Å². The molecular weight excluding hydrogens is 302 g/mol. The number of ether oxygens (including phenoxy) is 1. The summed E-state index contributed by atoms with van der Waals surface area (Å²) in [6, 6.07) is 18.9. The lowest BCUT2D eigenvalue weighted by Crippen LogP contribution is -2.26. The molecule has 1 heterocycles. The van der Waals surface area contributed by atoms with Crippen LogP contribution in [0, 0.1) is 0 Å². The van der Waals surface area contributed by atoms with Crippen LogP contribution < -0.4 is 10.1 Å². The van der Waals surface area contributed by atoms with E-state index in [2.05, 4.69) is 5.32 Å². The van der Waals surface area contributed by atoms with Crippen LogP contribution in [-0.4, -0.2) is 19.6 Å². The SMILES string of the molecule is COc1ccccc1CCNC(=O)c1ccccc1-c1ccco1. The van der Waals surface area contributed by atoms with E-state index < -0.39 is 0 Å². The molecule has 0 unspecified atom stereocenters. The highest BCUT2D eigenvalue weighted by atomic mass is 16.5. The Morgan fingerprint density at radius 3 is 2.62 bits per heavy atom. The van der Waals surface area contributed by atoms with E-state index in [1.807, 2.05) is 54.6 Å². The molecular formula is C20H19NO3. The Morgan fingerprint density at radius 2 is 1.83 bits per heavy atom. The highest BCUT2D eigenvalue weighted by Gasteiger charge is 2.13. The van der Waals surface area contributed by atoms with E-state index >= 15 is 0 Å². The molecule has 0 aliphatic heterocycles. The van der Waals surface area contributed by atoms with Crippen LogP contribution in [0.1, 0.15) is 15.9 Å². The van der Waals surface area contributed by atoms with Gasteiger partial charge in [0.15, 0.2) is 0 Å². The number of carbonyl (C=O) groups excluding carboxylic acids is 1. The molecule has 0 aliphatic rings. The summed E-state index contributed by atoms with van der Waals surface area (Å²) in [6.45, 7) is 0.533. The van der Waals surface area contributed by atoms with E-state index in [1.165, 1.54) is 0 Å². The van der Waals surface area contributed by atoms with Crippen LogP contribution in [-0.2, 0) is 6.42 Å². The number of amides is 1. The van der Waals surface area contributed by atoms with Crippen molar-refractivity contribution in [2.45, 2.75) is 6.42 Å². The number of methoxy groups -OCH3 is 1. The molecule has 0 spiro atoms. The molecule has 1 N–H and O–H groups in total. The second kappa shape index (κ2) is 7.51. The van der Waals surface area contributed by atoms with Gasteiger partial charge in [0.1, 0.15) is 11.5 Å². The lowest BCUT2D eigenvalue weighted by Gasteiger charge is -2.10. The first-order valence-electron chi connectivity index (χ1n) is 7.82. The molecule has 1 amide bonds. The molecule has 24 heavy (non-hydrogen) atoms. The van der Waals surface area contributed by atoms with Crippen LogP contribution in [0.4, 0.5) is 0 Å². The van der Waals surface area contributed by atoms with Crippen LogP contribution >= 0.6 is 0 Å². The van der Waals surface area contributed by atoms with E-state index in [9.17, 15) is 4.79 Å². The fraction of sp³-hybridized carbons (Fsp3) is 0.150. The molecule has 0 bridgehead atoms. The van der Waals surface area contributed by atoms with Crippen LogP contribution in [0.2, 0.25) is 0 Å². The molecule has 0 saturated carbocycles. The van der Waals surface area contributed by atoms with E-state index in [1.54, 1.807) is 19.4 Å². The van der Waals surface area contributed by atoms with E-state index in [-0.39, 0.29) is 5.91 Å². The predicted molar refractivity (Wildman–Crippen MR) is 93.2 cm³/mol. The maximum atomic E-state index is 12.5. The Morgan fingerprint density at radius 1 is 1.04 bits per heavy atom. The highest BCUT2D eigenvalue weighted by molar-refractivity contribution is 6.00. The Labute approximate surface area is 141 Å². The number of nitrogens with one attached hydrogen (secondary N) is 1. The molecule has 3 aromatic rings. The van der Waals surface area contributed by atoms with Gasteiger partial charge in [-0.25, -0.2) is 0 Å². The van der Waals surface area contributed by atoms with E-state index in [0.29, 0.717) is 24.3 Å². The molecule has 4 heteroatoms. The molecule has 3 rings (SSSR count). The van der Waals surface area contributed by atoms with Crippen LogP contribution in [0.15, 0.2) is 71.3 Å². The number of benzene rings is 2. The van der Waals surface area contributed by atoms with Gasteiger partial charge in [-0.1, -0.05) is 36.4 Å². The van der Waals surface area contributed by atoms with Crippen molar-refractivity contribution in [3.8, 4) is 17.1 Å². The first-order chi connectivity index (χ1) is 11.8. The monoisotopic (exact) mass is 321 g/mol. The third-order valence-corrected chi connectivity index (χ3v) is 3.83. The average molecular weight is 321 g/mol. The first kappa shape index (κ1) is 15.9. The summed E-state index contributed by atoms with van der Waals surface area (Å²) >= 11 is 0. The predicted octanol–water partition coefficient (Wildman–Crippen LogP) is 3.93. The van der Waals surface area contributed by atoms with Gasteiger partial charge in [-0.15, -0.1) is 0 Å². The smallest absolute Gasteiger partial charge is 0.252 e. The largest absolute Gasteiger partial charge is 0.496 e. The number of hydrogen-bond donors (Lipinski definition) is 1. The molecule has 4 nitrogen and oxygen atoms in total. The van der Waals surface area contributed by atoms with E-state index in [4.69, 9.17) is 9.15 Å². The summed E-state index contributed by atoms with van der Waals surface area (Å²) in [5.74, 6) is 1.41. The lowest BCUT2D eigenvalue weighted by molar-refractivity contribution is 0.0954. The maximum absolute atomic E-state index is 12.5. The topological polar surface area (TPSA) is 51.5 Å². The van der Waals surface area contributed by atoms with Crippen molar-refractivity contribution in [1.29, 1.82) is 0 Å². The molecule has 1 aromatic heterocycles. The number of carbonyl (C=O) groups is 1. The van der Waals surface area contributed by atoms with Crippen molar-refractivity contribution in [3.63, 3.8) is 0 Å². The summed E-state index contributed by atoms with van der Waals surface area (Å²) in [5.41, 5.74) is 2.46. The standard InChI is InChI=1S/C20H19NO3/c1-23-18-10-5-2-7-15(18)12-13-21-20(22)17-9-4-3-8-16(17)19-11-6-14-24-19/h2-11,14H,12-13H2,1H3,(H,21,22). The number of hydrogen-bond acceptors (Lipinski definition) is 3. The Kier molecular flexibility index (Phi) is 4.96. The summed E-state index contributed by atoms with van der Waals surface area (Å²) in [5, 5.41) is 2.96. The minimum Gasteiger partial charge on any atom is -0.496 e. The summed E-state index contributed by atoms with van der Waals surface area (Å²) in [6.07, 6.45) is 2.31. The quantitative estimate of drug-likeness (QED) is 0.748. The second-order valence-corrected chi connectivity index (χ2v) is 5.34. The van der Waals surface area contributed by atoms with Gasteiger partial charge in [0.25, 0.3) is 5.91 Å². The fourth-order valence-electron chi connectivity index (χ4n) is 2.64. The zero-order chi connectivity index (χ0) is 16.8. The minimum atomic E-state index is -0.114. The molecule has 122 valence electrons. The minimum absolute atomic E-state index is 0.114. The summed E-state index contributed by atoms with van der Waals surface area (Å²) in [7, 11) is 1.65. The van der Waals surface area contributed by atoms with Crippen molar-refractivity contribution >= 4 is 5.91 Å². The van der Waals surface area contributed by atoms with Gasteiger partial charge in [-0.2, -0.15) is 0 Å². The van der Waals surface area contributed by atoms with Crippen LogP contribution in [0.25, 0.3) is 11.3 Å². The molecule has 0 saturated heterocycles. The number of rotatable bonds is 6. The third kappa shape index (κ3) is 3.49. The summed E-state index contributed by atoms with van der Waals surface area (Å²) in [4.78, 5) is 12.5. The van der Waals surface area contributed by atoms with Gasteiger partial charge >= 0.3 is 0 Å². The first-order valence-corrected chi connectivity index (χ1v) is 7.82. The van der Waals surface area contributed by atoms with Crippen molar-refractivity contribution in [2.24, 2.45) is 0 Å². The molecule has 2 aromatic carbocycles. The molecule has 0 aliphatic carbocycles. The summed E-state index contributed by atoms with van der Waals surface area (Å²) < 4.78 is 10.7. The van der Waals surface area contributed by atoms with Crippen molar-refractivity contribution in [3.05, 3.63) is 78.1 Å². The molecule has 0 atom stereocenters. The van der Waals surface area contributed by atoms with Gasteiger partial charge in [0.05, 0.1) is 18.9 Å². The van der Waals surface area contributed by atoms with Crippen molar-refractivity contribution in [2.75, 3.05) is 13.7 Å². The fourth-order valence-corrected chi connectivity index (χ4v) is 2.64. The Bertz CT molecular complexity index is 809. The van der Waals surface area contributed by atoms with Gasteiger partial charge in [0.2, 0.25) is 0 Å².